The van der Waals surface area contributed by atoms with Crippen molar-refractivity contribution in [2.75, 3.05) is 6.26 Å². The van der Waals surface area contributed by atoms with Crippen LogP contribution in [0, 0.1) is 11.6 Å². The Bertz CT molecular complexity index is 440. The highest BCUT2D eigenvalue weighted by Crippen LogP contribution is 2.23. The lowest BCUT2D eigenvalue weighted by Crippen LogP contribution is -1.99. The normalized spacial score (nSPS) is 15.4. The molecule has 0 bridgehead atoms. The maximum atomic E-state index is 12.7. The summed E-state index contributed by atoms with van der Waals surface area (Å²) in [6.07, 6.45) is 1.31. The Morgan fingerprint density at radius 2 is 1.85 bits per heavy atom. The predicted octanol–water partition coefficient (Wildman–Crippen LogP) is 2.32. The molecule has 0 N–H and O–H groups in total. The number of benzene rings is 1. The molecule has 1 nitrogen and oxygen atoms in total. The fourth-order valence-corrected chi connectivity index (χ4v) is 2.30. The fraction of sp³-hybridized carbons (Fsp3) is 0.125. The monoisotopic (exact) mass is 224 g/mol. The van der Waals surface area contributed by atoms with Crippen LogP contribution in [0.5, 0.6) is 0 Å². The van der Waals surface area contributed by atoms with Gasteiger partial charge in [0.15, 0.2) is 11.6 Å². The minimum Gasteiger partial charge on any atom is -0.263 e. The van der Waals surface area contributed by atoms with Crippen LogP contribution in [0.4, 0.5) is 8.78 Å². The Labute approximate surface area is 80.3 Å². The first kappa shape index (κ1) is 10.5. The third-order valence-electron chi connectivity index (χ3n) is 1.44. The summed E-state index contributed by atoms with van der Waals surface area (Å²) >= 11 is 5.56. The molecule has 1 rings (SSSR count). The summed E-state index contributed by atoms with van der Waals surface area (Å²) in [6, 6.07) is 1.60. The van der Waals surface area contributed by atoms with Crippen molar-refractivity contribution < 1.29 is 13.0 Å². The molecule has 1 aromatic carbocycles. The van der Waals surface area contributed by atoms with E-state index < -0.39 is 21.2 Å². The molecule has 1 unspecified atom stereocenters. The Hall–Kier alpha value is -0.610. The van der Waals surface area contributed by atoms with Gasteiger partial charge in [0.1, 0.15) is 0 Å². The van der Waals surface area contributed by atoms with E-state index in [4.69, 9.17) is 11.6 Å². The van der Waals surface area contributed by atoms with Gasteiger partial charge in [0.05, 0.1) is 9.92 Å². The van der Waals surface area contributed by atoms with Crippen molar-refractivity contribution in [3.05, 3.63) is 28.8 Å². The summed E-state index contributed by atoms with van der Waals surface area (Å²) in [5.74, 6) is 1.20. The van der Waals surface area contributed by atoms with E-state index in [1.54, 1.807) is 0 Å². The third-order valence-corrected chi connectivity index (χ3v) is 3.13. The maximum Gasteiger partial charge on any atom is 0.160 e. The zero-order chi connectivity index (χ0) is 10.2. The van der Waals surface area contributed by atoms with Crippen molar-refractivity contribution in [3.63, 3.8) is 0 Å². The van der Waals surface area contributed by atoms with Gasteiger partial charge in [-0.15, -0.1) is 0 Å². The molecule has 0 aliphatic heterocycles. The van der Waals surface area contributed by atoms with Crippen LogP contribution in [0.1, 0.15) is 0 Å². The standard InChI is InChI=1S/C8H7ClF2OS/c1-13(2,12)8-4-7(11)6(10)3-5(8)9/h3-4H,1H2,2H3. The zero-order valence-corrected chi connectivity index (χ0v) is 8.38. The van der Waals surface area contributed by atoms with Crippen molar-refractivity contribution in [2.45, 2.75) is 4.90 Å². The van der Waals surface area contributed by atoms with Crippen LogP contribution in [0.3, 0.4) is 0 Å². The SMILES string of the molecule is C=S(C)(=O)c1cc(F)c(F)cc1Cl. The van der Waals surface area contributed by atoms with Crippen molar-refractivity contribution in [3.8, 4) is 0 Å². The van der Waals surface area contributed by atoms with Gasteiger partial charge in [0.25, 0.3) is 0 Å². The zero-order valence-electron chi connectivity index (χ0n) is 6.81. The summed E-state index contributed by atoms with van der Waals surface area (Å²) in [5.41, 5.74) is 0. The van der Waals surface area contributed by atoms with E-state index in [9.17, 15) is 13.0 Å². The second kappa shape index (κ2) is 3.27. The molecule has 1 atom stereocenters. The molecule has 0 fully saturated rings. The lowest BCUT2D eigenvalue weighted by atomic mass is 10.3. The Morgan fingerprint density at radius 3 is 2.31 bits per heavy atom. The van der Waals surface area contributed by atoms with E-state index in [2.05, 4.69) is 5.87 Å². The first-order valence-corrected chi connectivity index (χ1v) is 5.80. The van der Waals surface area contributed by atoms with Gasteiger partial charge in [-0.1, -0.05) is 11.6 Å². The summed E-state index contributed by atoms with van der Waals surface area (Å²) < 4.78 is 36.7. The van der Waals surface area contributed by atoms with Crippen LogP contribution < -0.4 is 0 Å². The molecule has 1 aromatic rings. The van der Waals surface area contributed by atoms with Gasteiger partial charge in [-0.05, 0) is 27.5 Å². The minimum atomic E-state index is -2.61. The van der Waals surface area contributed by atoms with Gasteiger partial charge in [-0.3, -0.25) is 4.21 Å². The van der Waals surface area contributed by atoms with Crippen molar-refractivity contribution in [1.29, 1.82) is 0 Å². The van der Waals surface area contributed by atoms with Gasteiger partial charge in [-0.25, -0.2) is 8.78 Å². The summed E-state index contributed by atoms with van der Waals surface area (Å²) in [6.45, 7) is 0. The van der Waals surface area contributed by atoms with Crippen molar-refractivity contribution in [2.24, 2.45) is 0 Å². The highest BCUT2D eigenvalue weighted by molar-refractivity contribution is 7.99. The molecule has 13 heavy (non-hydrogen) atoms. The molecule has 0 amide bonds. The average Bonchev–Trinajstić information content (AvgIpc) is 1.94. The second-order valence-corrected chi connectivity index (χ2v) is 5.56. The van der Waals surface area contributed by atoms with E-state index in [-0.39, 0.29) is 9.92 Å². The smallest absolute Gasteiger partial charge is 0.160 e. The average molecular weight is 225 g/mol. The van der Waals surface area contributed by atoms with Gasteiger partial charge in [0.2, 0.25) is 0 Å². The fourth-order valence-electron chi connectivity index (χ4n) is 0.835. The molecular formula is C8H7ClF2OS. The van der Waals surface area contributed by atoms with Crippen molar-refractivity contribution >= 4 is 27.0 Å². The predicted molar refractivity (Wildman–Crippen MR) is 50.8 cm³/mol. The minimum absolute atomic E-state index is 0.0352. The van der Waals surface area contributed by atoms with Crippen LogP contribution in [0.25, 0.3) is 0 Å². The first-order chi connectivity index (χ1) is 5.82. The van der Waals surface area contributed by atoms with Crippen LogP contribution >= 0.6 is 11.6 Å². The number of hydrogen-bond acceptors (Lipinski definition) is 1. The van der Waals surface area contributed by atoms with E-state index in [0.29, 0.717) is 0 Å². The lowest BCUT2D eigenvalue weighted by Gasteiger charge is -2.05. The first-order valence-electron chi connectivity index (χ1n) is 3.29. The molecule has 5 heteroatoms. The van der Waals surface area contributed by atoms with Crippen LogP contribution in [-0.2, 0) is 9.52 Å². The third kappa shape index (κ3) is 2.19. The molecule has 0 saturated heterocycles. The Balaban J connectivity index is 3.50. The molecule has 0 radical (unpaired) electrons. The van der Waals surface area contributed by atoms with Gasteiger partial charge in [-0.2, -0.15) is 0 Å². The van der Waals surface area contributed by atoms with E-state index in [0.717, 1.165) is 12.1 Å². The van der Waals surface area contributed by atoms with E-state index in [1.807, 2.05) is 0 Å². The second-order valence-electron chi connectivity index (χ2n) is 2.70. The molecule has 0 aliphatic rings. The molecule has 0 heterocycles. The lowest BCUT2D eigenvalue weighted by molar-refractivity contribution is 0.505. The van der Waals surface area contributed by atoms with E-state index >= 15 is 0 Å². The Morgan fingerprint density at radius 1 is 1.38 bits per heavy atom. The van der Waals surface area contributed by atoms with Gasteiger partial charge < -0.3 is 0 Å². The molecule has 0 saturated carbocycles. The molecule has 0 spiro atoms. The van der Waals surface area contributed by atoms with Gasteiger partial charge >= 0.3 is 0 Å². The molecular weight excluding hydrogens is 218 g/mol. The van der Waals surface area contributed by atoms with E-state index in [1.165, 1.54) is 6.26 Å². The van der Waals surface area contributed by atoms with Crippen molar-refractivity contribution in [1.82, 2.24) is 0 Å². The molecule has 72 valence electrons. The van der Waals surface area contributed by atoms with Crippen LogP contribution in [-0.4, -0.2) is 16.3 Å². The maximum absolute atomic E-state index is 12.7. The molecule has 0 aromatic heterocycles. The van der Waals surface area contributed by atoms with Crippen LogP contribution in [0.15, 0.2) is 17.0 Å². The van der Waals surface area contributed by atoms with Crippen LogP contribution in [0.2, 0.25) is 5.02 Å². The largest absolute Gasteiger partial charge is 0.263 e. The number of rotatable bonds is 1. The summed E-state index contributed by atoms with van der Waals surface area (Å²) in [5, 5.41) is -0.0681. The number of hydrogen-bond donors (Lipinski definition) is 0. The molecule has 0 aliphatic carbocycles. The highest BCUT2D eigenvalue weighted by Gasteiger charge is 2.12. The number of halogens is 3. The summed E-state index contributed by atoms with van der Waals surface area (Å²) in [7, 11) is -2.61. The Kier molecular flexibility index (Phi) is 2.63. The summed E-state index contributed by atoms with van der Waals surface area (Å²) in [4.78, 5) is 0.0352. The van der Waals surface area contributed by atoms with Gasteiger partial charge in [0, 0.05) is 6.26 Å². The highest BCUT2D eigenvalue weighted by atomic mass is 35.5. The quantitative estimate of drug-likeness (QED) is 0.529. The topological polar surface area (TPSA) is 17.1 Å².